The molecule has 0 aliphatic heterocycles. The highest BCUT2D eigenvalue weighted by atomic mass is 35.5. The SMILES string of the molecule is O=C(NCc1ccncc1)c1cnc(OCC(F)(F)F)c(Cl)c1. The summed E-state index contributed by atoms with van der Waals surface area (Å²) in [6.45, 7) is -1.24. The maximum absolute atomic E-state index is 12.1. The van der Waals surface area contributed by atoms with Crippen LogP contribution < -0.4 is 10.1 Å². The number of alkyl halides is 3. The standard InChI is InChI=1S/C14H11ClF3N3O2/c15-11-5-10(7-21-13(11)23-8-14(16,17)18)12(22)20-6-9-1-3-19-4-2-9/h1-5,7H,6,8H2,(H,20,22). The fourth-order valence-corrected chi connectivity index (χ4v) is 1.81. The lowest BCUT2D eigenvalue weighted by atomic mass is 10.2. The quantitative estimate of drug-likeness (QED) is 0.904. The average Bonchev–Trinajstić information content (AvgIpc) is 2.51. The van der Waals surface area contributed by atoms with Crippen LogP contribution >= 0.6 is 11.6 Å². The number of halogens is 4. The highest BCUT2D eigenvalue weighted by Gasteiger charge is 2.29. The molecule has 1 amide bonds. The van der Waals surface area contributed by atoms with Crippen molar-refractivity contribution in [2.24, 2.45) is 0 Å². The first kappa shape index (κ1) is 17.0. The van der Waals surface area contributed by atoms with E-state index in [1.165, 1.54) is 6.07 Å². The van der Waals surface area contributed by atoms with Crippen LogP contribution in [0.4, 0.5) is 13.2 Å². The Morgan fingerprint density at radius 1 is 1.30 bits per heavy atom. The lowest BCUT2D eigenvalue weighted by molar-refractivity contribution is -0.154. The Hall–Kier alpha value is -2.35. The van der Waals surface area contributed by atoms with Crippen LogP contribution in [0.15, 0.2) is 36.8 Å². The predicted octanol–water partition coefficient (Wildman–Crippen LogP) is 3.00. The summed E-state index contributed by atoms with van der Waals surface area (Å²) in [5.74, 6) is -0.840. The summed E-state index contributed by atoms with van der Waals surface area (Å²) in [5.41, 5.74) is 0.959. The molecule has 1 N–H and O–H groups in total. The number of pyridine rings is 2. The Morgan fingerprint density at radius 2 is 2.00 bits per heavy atom. The second kappa shape index (κ2) is 7.28. The molecule has 9 heteroatoms. The van der Waals surface area contributed by atoms with E-state index >= 15 is 0 Å². The van der Waals surface area contributed by atoms with Gasteiger partial charge in [0.2, 0.25) is 5.88 Å². The Labute approximate surface area is 134 Å². The van der Waals surface area contributed by atoms with Gasteiger partial charge in [0.25, 0.3) is 5.91 Å². The number of hydrogen-bond acceptors (Lipinski definition) is 4. The highest BCUT2D eigenvalue weighted by Crippen LogP contribution is 2.24. The van der Waals surface area contributed by atoms with Gasteiger partial charge in [-0.15, -0.1) is 0 Å². The summed E-state index contributed by atoms with van der Waals surface area (Å²) in [6.07, 6.45) is -0.218. The third-order valence-electron chi connectivity index (χ3n) is 2.64. The smallest absolute Gasteiger partial charge is 0.422 e. The van der Waals surface area contributed by atoms with Crippen LogP contribution in [0.2, 0.25) is 5.02 Å². The maximum atomic E-state index is 12.1. The fraction of sp³-hybridized carbons (Fsp3) is 0.214. The maximum Gasteiger partial charge on any atom is 0.422 e. The Kier molecular flexibility index (Phi) is 5.38. The zero-order valence-corrected chi connectivity index (χ0v) is 12.4. The molecule has 0 fully saturated rings. The zero-order valence-electron chi connectivity index (χ0n) is 11.6. The van der Waals surface area contributed by atoms with Gasteiger partial charge in [0.15, 0.2) is 6.61 Å². The molecular weight excluding hydrogens is 335 g/mol. The van der Waals surface area contributed by atoms with E-state index < -0.39 is 18.7 Å². The Bertz CT molecular complexity index is 681. The fourth-order valence-electron chi connectivity index (χ4n) is 1.59. The molecule has 2 aromatic rings. The average molecular weight is 346 g/mol. The van der Waals surface area contributed by atoms with Gasteiger partial charge in [-0.3, -0.25) is 9.78 Å². The second-order valence-corrected chi connectivity index (χ2v) is 4.86. The van der Waals surface area contributed by atoms with Crippen molar-refractivity contribution in [3.63, 3.8) is 0 Å². The van der Waals surface area contributed by atoms with Crippen molar-refractivity contribution < 1.29 is 22.7 Å². The molecular formula is C14H11ClF3N3O2. The second-order valence-electron chi connectivity index (χ2n) is 4.45. The van der Waals surface area contributed by atoms with Crippen molar-refractivity contribution in [3.05, 3.63) is 52.9 Å². The lowest BCUT2D eigenvalue weighted by Crippen LogP contribution is -2.23. The Balaban J connectivity index is 1.97. The van der Waals surface area contributed by atoms with Gasteiger partial charge in [0.1, 0.15) is 5.02 Å². The molecule has 0 bridgehead atoms. The van der Waals surface area contributed by atoms with E-state index in [0.717, 1.165) is 11.8 Å². The van der Waals surface area contributed by atoms with Crippen molar-refractivity contribution in [3.8, 4) is 5.88 Å². The van der Waals surface area contributed by atoms with E-state index in [0.29, 0.717) is 0 Å². The van der Waals surface area contributed by atoms with Crippen LogP contribution in [0, 0.1) is 0 Å². The molecule has 2 heterocycles. The summed E-state index contributed by atoms with van der Waals surface area (Å²) in [4.78, 5) is 19.4. The first-order valence-corrected chi connectivity index (χ1v) is 6.75. The zero-order chi connectivity index (χ0) is 16.9. The van der Waals surface area contributed by atoms with Crippen LogP contribution in [0.25, 0.3) is 0 Å². The molecule has 0 aliphatic rings. The van der Waals surface area contributed by atoms with Crippen LogP contribution in [0.5, 0.6) is 5.88 Å². The molecule has 122 valence electrons. The van der Waals surface area contributed by atoms with Crippen LogP contribution in [0.1, 0.15) is 15.9 Å². The van der Waals surface area contributed by atoms with Gasteiger partial charge >= 0.3 is 6.18 Å². The van der Waals surface area contributed by atoms with Gasteiger partial charge in [-0.1, -0.05) is 11.6 Å². The van der Waals surface area contributed by atoms with Crippen molar-refractivity contribution in [2.75, 3.05) is 6.61 Å². The molecule has 0 aliphatic carbocycles. The minimum Gasteiger partial charge on any atom is -0.467 e. The number of carbonyl (C=O) groups is 1. The highest BCUT2D eigenvalue weighted by molar-refractivity contribution is 6.32. The summed E-state index contributed by atoms with van der Waals surface area (Å²) < 4.78 is 40.7. The topological polar surface area (TPSA) is 64.1 Å². The number of carbonyl (C=O) groups excluding carboxylic acids is 1. The van der Waals surface area contributed by atoms with E-state index in [-0.39, 0.29) is 23.0 Å². The molecule has 0 aromatic carbocycles. The van der Waals surface area contributed by atoms with E-state index in [1.807, 2.05) is 0 Å². The normalized spacial score (nSPS) is 11.1. The summed E-state index contributed by atoms with van der Waals surface area (Å²) in [6, 6.07) is 4.67. The van der Waals surface area contributed by atoms with Crippen LogP contribution in [-0.2, 0) is 6.54 Å². The van der Waals surface area contributed by atoms with Gasteiger partial charge in [0, 0.05) is 25.1 Å². The number of rotatable bonds is 5. The third-order valence-corrected chi connectivity index (χ3v) is 2.92. The van der Waals surface area contributed by atoms with Gasteiger partial charge in [-0.05, 0) is 23.8 Å². The summed E-state index contributed by atoms with van der Waals surface area (Å²) in [7, 11) is 0. The van der Waals surface area contributed by atoms with Gasteiger partial charge < -0.3 is 10.1 Å². The minimum atomic E-state index is -4.49. The van der Waals surface area contributed by atoms with E-state index in [9.17, 15) is 18.0 Å². The number of hydrogen-bond donors (Lipinski definition) is 1. The summed E-state index contributed by atoms with van der Waals surface area (Å²) in [5, 5.41) is 2.46. The summed E-state index contributed by atoms with van der Waals surface area (Å²) >= 11 is 5.78. The van der Waals surface area contributed by atoms with Crippen molar-refractivity contribution >= 4 is 17.5 Å². The van der Waals surface area contributed by atoms with Crippen molar-refractivity contribution in [1.29, 1.82) is 0 Å². The minimum absolute atomic E-state index is 0.114. The molecule has 0 atom stereocenters. The first-order chi connectivity index (χ1) is 10.8. The first-order valence-electron chi connectivity index (χ1n) is 6.37. The van der Waals surface area contributed by atoms with E-state index in [4.69, 9.17) is 11.6 Å². The molecule has 0 saturated carbocycles. The number of ether oxygens (including phenoxy) is 1. The van der Waals surface area contributed by atoms with Gasteiger partial charge in [-0.25, -0.2) is 4.98 Å². The van der Waals surface area contributed by atoms with E-state index in [2.05, 4.69) is 20.0 Å². The molecule has 2 aromatic heterocycles. The monoisotopic (exact) mass is 345 g/mol. The molecule has 23 heavy (non-hydrogen) atoms. The van der Waals surface area contributed by atoms with Crippen molar-refractivity contribution in [1.82, 2.24) is 15.3 Å². The number of nitrogens with one attached hydrogen (secondary N) is 1. The molecule has 0 saturated heterocycles. The third kappa shape index (κ3) is 5.41. The van der Waals surface area contributed by atoms with Gasteiger partial charge in [0.05, 0.1) is 5.56 Å². The number of aromatic nitrogens is 2. The molecule has 0 spiro atoms. The predicted molar refractivity (Wildman–Crippen MR) is 76.2 cm³/mol. The number of nitrogens with zero attached hydrogens (tertiary/aromatic N) is 2. The van der Waals surface area contributed by atoms with Crippen LogP contribution in [0.3, 0.4) is 0 Å². The van der Waals surface area contributed by atoms with Crippen molar-refractivity contribution in [2.45, 2.75) is 12.7 Å². The largest absolute Gasteiger partial charge is 0.467 e. The van der Waals surface area contributed by atoms with Gasteiger partial charge in [-0.2, -0.15) is 13.2 Å². The van der Waals surface area contributed by atoms with Crippen LogP contribution in [-0.4, -0.2) is 28.7 Å². The Morgan fingerprint density at radius 3 is 2.61 bits per heavy atom. The molecule has 0 radical (unpaired) electrons. The van der Waals surface area contributed by atoms with E-state index in [1.54, 1.807) is 24.5 Å². The molecule has 2 rings (SSSR count). The lowest BCUT2D eigenvalue weighted by Gasteiger charge is -2.10. The number of amides is 1. The molecule has 5 nitrogen and oxygen atoms in total. The molecule has 0 unspecified atom stereocenters.